The summed E-state index contributed by atoms with van der Waals surface area (Å²) in [5.41, 5.74) is 3.91. The van der Waals surface area contributed by atoms with E-state index in [0.717, 1.165) is 13.1 Å². The fraction of sp³-hybridized carbons (Fsp3) is 0.375. The maximum Gasteiger partial charge on any atom is 0.322 e. The average molecular weight is 421 g/mol. The number of carbonyl (C=O) groups is 3. The Morgan fingerprint density at radius 2 is 1.68 bits per heavy atom. The number of imide groups is 1. The lowest BCUT2D eigenvalue weighted by atomic mass is 9.87. The average Bonchev–Trinajstić information content (AvgIpc) is 3.07. The third-order valence-electron chi connectivity index (χ3n) is 6.36. The molecule has 2 heterocycles. The van der Waals surface area contributed by atoms with Gasteiger partial charge < -0.3 is 15.1 Å². The zero-order chi connectivity index (χ0) is 22.2. The van der Waals surface area contributed by atoms with Gasteiger partial charge >= 0.3 is 6.03 Å². The number of carbonyl (C=O) groups excluding carboxylic acids is 3. The molecule has 162 valence electrons. The highest BCUT2D eigenvalue weighted by atomic mass is 16.2. The van der Waals surface area contributed by atoms with E-state index in [1.165, 1.54) is 16.8 Å². The van der Waals surface area contributed by atoms with Crippen LogP contribution in [-0.4, -0.2) is 48.9 Å². The quantitative estimate of drug-likeness (QED) is 0.746. The Kier molecular flexibility index (Phi) is 5.43. The summed E-state index contributed by atoms with van der Waals surface area (Å²) in [6.45, 7) is 8.96. The van der Waals surface area contributed by atoms with Crippen LogP contribution in [0.4, 0.5) is 10.5 Å². The molecular formula is C24H28N4O3. The van der Waals surface area contributed by atoms with Crippen LogP contribution in [-0.2, 0) is 10.3 Å². The number of hydrogen-bond acceptors (Lipinski definition) is 4. The Bertz CT molecular complexity index is 1030. The highest BCUT2D eigenvalue weighted by molar-refractivity contribution is 6.07. The van der Waals surface area contributed by atoms with Crippen molar-refractivity contribution >= 4 is 23.5 Å². The largest absolute Gasteiger partial charge is 0.368 e. The van der Waals surface area contributed by atoms with E-state index < -0.39 is 11.6 Å². The fourth-order valence-corrected chi connectivity index (χ4v) is 4.54. The summed E-state index contributed by atoms with van der Waals surface area (Å²) in [6, 6.07) is 13.0. The van der Waals surface area contributed by atoms with Crippen molar-refractivity contribution in [3.63, 3.8) is 0 Å². The Labute approximate surface area is 182 Å². The van der Waals surface area contributed by atoms with Gasteiger partial charge in [0.2, 0.25) is 0 Å². The van der Waals surface area contributed by atoms with Crippen LogP contribution in [0.1, 0.15) is 40.4 Å². The minimum absolute atomic E-state index is 0.0164. The number of anilines is 1. The van der Waals surface area contributed by atoms with Gasteiger partial charge in [-0.15, -0.1) is 0 Å². The molecule has 1 atom stereocenters. The number of aryl methyl sites for hydroxylation is 2. The third kappa shape index (κ3) is 3.76. The summed E-state index contributed by atoms with van der Waals surface area (Å²) >= 11 is 0. The van der Waals surface area contributed by atoms with E-state index in [1.807, 2.05) is 11.8 Å². The standard InChI is InChI=1S/C24H28N4O3/c1-4-24(22(30)25-23(31)26-24)19-8-6-18(7-9-19)21(29)28-13-11-27(12-14-28)20-10-5-16(2)15-17(20)3/h5-10,15H,4,11-14H2,1-3H3,(H2,25,26,30,31). The van der Waals surface area contributed by atoms with Gasteiger partial charge in [0.1, 0.15) is 5.54 Å². The summed E-state index contributed by atoms with van der Waals surface area (Å²) < 4.78 is 0. The molecule has 31 heavy (non-hydrogen) atoms. The molecule has 2 N–H and O–H groups in total. The van der Waals surface area contributed by atoms with Crippen molar-refractivity contribution in [1.82, 2.24) is 15.5 Å². The summed E-state index contributed by atoms with van der Waals surface area (Å²) in [6.07, 6.45) is 0.429. The van der Waals surface area contributed by atoms with Gasteiger partial charge in [0.25, 0.3) is 11.8 Å². The first kappa shape index (κ1) is 20.9. The van der Waals surface area contributed by atoms with E-state index in [-0.39, 0.29) is 11.8 Å². The minimum Gasteiger partial charge on any atom is -0.368 e. The first-order valence-electron chi connectivity index (χ1n) is 10.7. The molecule has 7 heteroatoms. The van der Waals surface area contributed by atoms with E-state index in [9.17, 15) is 14.4 Å². The van der Waals surface area contributed by atoms with Crippen LogP contribution < -0.4 is 15.5 Å². The molecule has 0 aliphatic carbocycles. The second-order valence-electron chi connectivity index (χ2n) is 8.31. The molecule has 2 saturated heterocycles. The smallest absolute Gasteiger partial charge is 0.322 e. The van der Waals surface area contributed by atoms with E-state index in [4.69, 9.17) is 0 Å². The molecule has 0 aromatic heterocycles. The Balaban J connectivity index is 1.44. The summed E-state index contributed by atoms with van der Waals surface area (Å²) in [4.78, 5) is 41.2. The lowest BCUT2D eigenvalue weighted by molar-refractivity contribution is -0.124. The zero-order valence-electron chi connectivity index (χ0n) is 18.2. The summed E-state index contributed by atoms with van der Waals surface area (Å²) in [7, 11) is 0. The van der Waals surface area contributed by atoms with Gasteiger partial charge in [-0.3, -0.25) is 14.9 Å². The summed E-state index contributed by atoms with van der Waals surface area (Å²) in [5.74, 6) is -0.376. The topological polar surface area (TPSA) is 81.8 Å². The van der Waals surface area contributed by atoms with Crippen LogP contribution in [0.15, 0.2) is 42.5 Å². The van der Waals surface area contributed by atoms with Crippen molar-refractivity contribution in [3.05, 3.63) is 64.7 Å². The molecule has 4 amide bonds. The number of piperazine rings is 1. The zero-order valence-corrected chi connectivity index (χ0v) is 18.2. The van der Waals surface area contributed by atoms with Crippen molar-refractivity contribution in [2.24, 2.45) is 0 Å². The van der Waals surface area contributed by atoms with Gasteiger partial charge in [0.15, 0.2) is 0 Å². The maximum atomic E-state index is 13.0. The van der Waals surface area contributed by atoms with E-state index in [0.29, 0.717) is 30.6 Å². The molecule has 7 nitrogen and oxygen atoms in total. The Morgan fingerprint density at radius 1 is 1.00 bits per heavy atom. The first-order valence-corrected chi connectivity index (χ1v) is 10.7. The van der Waals surface area contributed by atoms with E-state index >= 15 is 0 Å². The molecule has 2 aromatic rings. The number of nitrogens with zero attached hydrogens (tertiary/aromatic N) is 2. The van der Waals surface area contributed by atoms with Gasteiger partial charge in [-0.25, -0.2) is 4.79 Å². The number of amides is 4. The van der Waals surface area contributed by atoms with Crippen LogP contribution >= 0.6 is 0 Å². The van der Waals surface area contributed by atoms with Gasteiger partial charge in [0.05, 0.1) is 0 Å². The first-order chi connectivity index (χ1) is 14.8. The molecule has 1 unspecified atom stereocenters. The van der Waals surface area contributed by atoms with Crippen molar-refractivity contribution in [1.29, 1.82) is 0 Å². The lowest BCUT2D eigenvalue weighted by Gasteiger charge is -2.37. The van der Waals surface area contributed by atoms with Crippen molar-refractivity contribution in [3.8, 4) is 0 Å². The number of hydrogen-bond donors (Lipinski definition) is 2. The van der Waals surface area contributed by atoms with Crippen LogP contribution in [0.2, 0.25) is 0 Å². The highest BCUT2D eigenvalue weighted by Gasteiger charge is 2.46. The van der Waals surface area contributed by atoms with Crippen molar-refractivity contribution in [2.45, 2.75) is 32.7 Å². The van der Waals surface area contributed by atoms with Crippen LogP contribution in [0.25, 0.3) is 0 Å². The Morgan fingerprint density at radius 3 is 2.23 bits per heavy atom. The summed E-state index contributed by atoms with van der Waals surface area (Å²) in [5, 5.41) is 5.03. The molecular weight excluding hydrogens is 392 g/mol. The molecule has 0 bridgehead atoms. The third-order valence-corrected chi connectivity index (χ3v) is 6.36. The molecule has 0 radical (unpaired) electrons. The predicted molar refractivity (Wildman–Crippen MR) is 119 cm³/mol. The van der Waals surface area contributed by atoms with Gasteiger partial charge in [-0.05, 0) is 49.6 Å². The van der Waals surface area contributed by atoms with Crippen molar-refractivity contribution in [2.75, 3.05) is 31.1 Å². The molecule has 2 aromatic carbocycles. The van der Waals surface area contributed by atoms with Crippen LogP contribution in [0, 0.1) is 13.8 Å². The minimum atomic E-state index is -1.07. The molecule has 0 saturated carbocycles. The van der Waals surface area contributed by atoms with Crippen LogP contribution in [0.5, 0.6) is 0 Å². The molecule has 2 fully saturated rings. The second-order valence-corrected chi connectivity index (χ2v) is 8.31. The second kappa shape index (κ2) is 8.06. The predicted octanol–water partition coefficient (Wildman–Crippen LogP) is 2.71. The molecule has 2 aliphatic rings. The Hall–Kier alpha value is -3.35. The maximum absolute atomic E-state index is 13.0. The number of nitrogens with one attached hydrogen (secondary N) is 2. The van der Waals surface area contributed by atoms with E-state index in [2.05, 4.69) is 47.6 Å². The number of urea groups is 1. The van der Waals surface area contributed by atoms with Crippen molar-refractivity contribution < 1.29 is 14.4 Å². The van der Waals surface area contributed by atoms with Gasteiger partial charge in [-0.2, -0.15) is 0 Å². The SMILES string of the molecule is CCC1(c2ccc(C(=O)N3CCN(c4ccc(C)cc4C)CC3)cc2)NC(=O)NC1=O. The monoisotopic (exact) mass is 420 g/mol. The van der Waals surface area contributed by atoms with E-state index in [1.54, 1.807) is 24.3 Å². The number of benzene rings is 2. The lowest BCUT2D eigenvalue weighted by Crippen LogP contribution is -2.49. The highest BCUT2D eigenvalue weighted by Crippen LogP contribution is 2.29. The number of rotatable bonds is 4. The normalized spacial score (nSPS) is 21.1. The molecule has 2 aliphatic heterocycles. The van der Waals surface area contributed by atoms with Gasteiger partial charge in [0, 0.05) is 37.4 Å². The fourth-order valence-electron chi connectivity index (χ4n) is 4.54. The molecule has 0 spiro atoms. The van der Waals surface area contributed by atoms with Gasteiger partial charge in [-0.1, -0.05) is 36.8 Å². The molecule has 4 rings (SSSR count). The van der Waals surface area contributed by atoms with Crippen LogP contribution in [0.3, 0.4) is 0 Å².